The summed E-state index contributed by atoms with van der Waals surface area (Å²) >= 11 is 0. The number of allylic oxidation sites excluding steroid dienone is 1. The third kappa shape index (κ3) is 3.92. The molecule has 0 aromatic heterocycles. The van der Waals surface area contributed by atoms with E-state index >= 15 is 0 Å². The maximum atomic E-state index is 13.4. The Morgan fingerprint density at radius 3 is 2.53 bits per heavy atom. The van der Waals surface area contributed by atoms with Crippen LogP contribution in [0.25, 0.3) is 6.08 Å². The molecule has 0 radical (unpaired) electrons. The molecule has 1 heterocycles. The first kappa shape index (κ1) is 21.1. The lowest BCUT2D eigenvalue weighted by Gasteiger charge is -2.10. The Kier molecular flexibility index (Phi) is 5.64. The summed E-state index contributed by atoms with van der Waals surface area (Å²) in [6.45, 7) is 1.72. The number of rotatable bonds is 5. The number of hydrogen-bond donors (Lipinski definition) is 0. The van der Waals surface area contributed by atoms with E-state index in [0.29, 0.717) is 28.2 Å². The third-order valence-electron chi connectivity index (χ3n) is 4.93. The minimum atomic E-state index is -0.718. The van der Waals surface area contributed by atoms with E-state index in [9.17, 15) is 14.0 Å². The van der Waals surface area contributed by atoms with Crippen LogP contribution in [0.2, 0.25) is 0 Å². The monoisotopic (exact) mass is 434 g/mol. The number of ketones is 1. The van der Waals surface area contributed by atoms with Gasteiger partial charge in [-0.05, 0) is 48.9 Å². The number of hydrogen-bond acceptors (Lipinski definition) is 6. The highest BCUT2D eigenvalue weighted by Crippen LogP contribution is 2.39. The van der Waals surface area contributed by atoms with Gasteiger partial charge in [0.15, 0.2) is 17.3 Å². The van der Waals surface area contributed by atoms with Crippen molar-refractivity contribution in [3.63, 3.8) is 0 Å². The molecule has 32 heavy (non-hydrogen) atoms. The second-order valence-corrected chi connectivity index (χ2v) is 7.04. The number of benzene rings is 3. The molecule has 0 saturated carbocycles. The molecule has 0 N–H and O–H groups in total. The summed E-state index contributed by atoms with van der Waals surface area (Å²) in [4.78, 5) is 25.3. The number of fused-ring (bicyclic) bond motifs is 1. The predicted octanol–water partition coefficient (Wildman–Crippen LogP) is 4.99. The van der Waals surface area contributed by atoms with Crippen LogP contribution >= 0.6 is 0 Å². The molecule has 0 fully saturated rings. The Balaban J connectivity index is 1.64. The minimum absolute atomic E-state index is 0.0749. The lowest BCUT2D eigenvalue weighted by molar-refractivity contribution is 0.0734. The molecular weight excluding hydrogens is 415 g/mol. The van der Waals surface area contributed by atoms with Crippen LogP contribution in [-0.4, -0.2) is 26.0 Å². The summed E-state index contributed by atoms with van der Waals surface area (Å²) in [5, 5.41) is 0. The zero-order valence-electron chi connectivity index (χ0n) is 17.6. The highest BCUT2D eigenvalue weighted by Gasteiger charge is 2.31. The Bertz CT molecular complexity index is 1260. The van der Waals surface area contributed by atoms with E-state index in [2.05, 4.69) is 0 Å². The number of carbonyl (C=O) groups is 2. The van der Waals surface area contributed by atoms with Gasteiger partial charge in [-0.15, -0.1) is 0 Å². The van der Waals surface area contributed by atoms with Gasteiger partial charge in [-0.2, -0.15) is 0 Å². The topological polar surface area (TPSA) is 71.1 Å². The van der Waals surface area contributed by atoms with Gasteiger partial charge in [0.05, 0.1) is 25.3 Å². The van der Waals surface area contributed by atoms with E-state index in [4.69, 9.17) is 18.9 Å². The van der Waals surface area contributed by atoms with E-state index < -0.39 is 11.8 Å². The maximum absolute atomic E-state index is 13.4. The van der Waals surface area contributed by atoms with Crippen molar-refractivity contribution in [2.45, 2.75) is 6.92 Å². The van der Waals surface area contributed by atoms with Crippen LogP contribution < -0.4 is 18.9 Å². The first-order chi connectivity index (χ1) is 15.4. The van der Waals surface area contributed by atoms with Crippen molar-refractivity contribution in [2.24, 2.45) is 0 Å². The SMILES string of the molecule is COc1cccc(/C=C2\Oc3cc(OC(=O)c4cccc(F)c4)cc(C)c3C2=O)c1OC. The zero-order chi connectivity index (χ0) is 22.8. The number of methoxy groups -OCH3 is 2. The van der Waals surface area contributed by atoms with Gasteiger partial charge in [-0.25, -0.2) is 9.18 Å². The van der Waals surface area contributed by atoms with Gasteiger partial charge in [-0.1, -0.05) is 18.2 Å². The van der Waals surface area contributed by atoms with Gasteiger partial charge in [0.25, 0.3) is 0 Å². The molecule has 162 valence electrons. The number of para-hydroxylation sites is 1. The van der Waals surface area contributed by atoms with Gasteiger partial charge in [0.1, 0.15) is 17.3 Å². The summed E-state index contributed by atoms with van der Waals surface area (Å²) in [6.07, 6.45) is 1.57. The molecule has 4 rings (SSSR count). The lowest BCUT2D eigenvalue weighted by atomic mass is 10.0. The van der Waals surface area contributed by atoms with Gasteiger partial charge < -0.3 is 18.9 Å². The molecular formula is C25H19FO6. The van der Waals surface area contributed by atoms with Crippen molar-refractivity contribution in [3.05, 3.63) is 88.4 Å². The number of esters is 1. The van der Waals surface area contributed by atoms with Crippen LogP contribution in [0.5, 0.6) is 23.0 Å². The van der Waals surface area contributed by atoms with Gasteiger partial charge in [-0.3, -0.25) is 4.79 Å². The van der Waals surface area contributed by atoms with Crippen LogP contribution in [0, 0.1) is 12.7 Å². The fraction of sp³-hybridized carbons (Fsp3) is 0.120. The molecule has 0 saturated heterocycles. The average molecular weight is 434 g/mol. The van der Waals surface area contributed by atoms with Gasteiger partial charge in [0.2, 0.25) is 5.78 Å². The van der Waals surface area contributed by atoms with E-state index in [-0.39, 0.29) is 28.6 Å². The van der Waals surface area contributed by atoms with Crippen LogP contribution in [-0.2, 0) is 0 Å². The van der Waals surface area contributed by atoms with Crippen molar-refractivity contribution in [1.82, 2.24) is 0 Å². The molecule has 0 amide bonds. The molecule has 0 atom stereocenters. The fourth-order valence-electron chi connectivity index (χ4n) is 3.48. The second kappa shape index (κ2) is 8.55. The molecule has 1 aliphatic rings. The van der Waals surface area contributed by atoms with Crippen molar-refractivity contribution in [1.29, 1.82) is 0 Å². The van der Waals surface area contributed by atoms with Crippen LogP contribution in [0.3, 0.4) is 0 Å². The average Bonchev–Trinajstić information content (AvgIpc) is 3.08. The lowest BCUT2D eigenvalue weighted by Crippen LogP contribution is -2.09. The van der Waals surface area contributed by atoms with Crippen molar-refractivity contribution in [3.8, 4) is 23.0 Å². The molecule has 3 aromatic rings. The van der Waals surface area contributed by atoms with Crippen LogP contribution in [0.1, 0.15) is 31.8 Å². The number of Topliss-reactive ketones (excluding diaryl/α,β-unsaturated/α-hetero) is 1. The summed E-state index contributed by atoms with van der Waals surface area (Å²) in [7, 11) is 3.03. The Labute approximate surface area is 183 Å². The van der Waals surface area contributed by atoms with Crippen molar-refractivity contribution in [2.75, 3.05) is 14.2 Å². The molecule has 0 bridgehead atoms. The second-order valence-electron chi connectivity index (χ2n) is 7.04. The van der Waals surface area contributed by atoms with Gasteiger partial charge in [0, 0.05) is 11.6 Å². The Hall–Kier alpha value is -4.13. The molecule has 1 aliphatic heterocycles. The molecule has 0 spiro atoms. The zero-order valence-corrected chi connectivity index (χ0v) is 17.6. The largest absolute Gasteiger partial charge is 0.493 e. The fourth-order valence-corrected chi connectivity index (χ4v) is 3.48. The van der Waals surface area contributed by atoms with E-state index in [1.807, 2.05) is 0 Å². The highest BCUT2D eigenvalue weighted by molar-refractivity contribution is 6.15. The summed E-state index contributed by atoms with van der Waals surface area (Å²) < 4.78 is 35.2. The van der Waals surface area contributed by atoms with Crippen molar-refractivity contribution >= 4 is 17.8 Å². The Morgan fingerprint density at radius 1 is 1.03 bits per heavy atom. The van der Waals surface area contributed by atoms with E-state index in [0.717, 1.165) is 6.07 Å². The molecule has 6 nitrogen and oxygen atoms in total. The smallest absolute Gasteiger partial charge is 0.343 e. The van der Waals surface area contributed by atoms with Crippen molar-refractivity contribution < 1.29 is 32.9 Å². The standard InChI is InChI=1S/C25H19FO6/c1-14-10-18(31-25(28)16-7-4-8-17(26)11-16)13-20-22(14)23(27)21(32-20)12-15-6-5-9-19(29-2)24(15)30-3/h4-13H,1-3H3/b21-12-. The first-order valence-electron chi connectivity index (χ1n) is 9.69. The number of carbonyl (C=O) groups excluding carboxylic acids is 2. The molecule has 7 heteroatoms. The maximum Gasteiger partial charge on any atom is 0.343 e. The van der Waals surface area contributed by atoms with Crippen LogP contribution in [0.4, 0.5) is 4.39 Å². The summed E-state index contributed by atoms with van der Waals surface area (Å²) in [5.41, 5.74) is 1.64. The predicted molar refractivity (Wildman–Crippen MR) is 115 cm³/mol. The molecule has 0 unspecified atom stereocenters. The number of aryl methyl sites for hydroxylation is 1. The van der Waals surface area contributed by atoms with Crippen LogP contribution in [0.15, 0.2) is 60.4 Å². The number of ether oxygens (including phenoxy) is 4. The number of halogens is 1. The minimum Gasteiger partial charge on any atom is -0.493 e. The van der Waals surface area contributed by atoms with E-state index in [1.165, 1.54) is 38.5 Å². The van der Waals surface area contributed by atoms with Gasteiger partial charge >= 0.3 is 5.97 Å². The summed E-state index contributed by atoms with van der Waals surface area (Å²) in [6, 6.07) is 13.5. The third-order valence-corrected chi connectivity index (χ3v) is 4.93. The normalized spacial score (nSPS) is 13.5. The highest BCUT2D eigenvalue weighted by atomic mass is 19.1. The first-order valence-corrected chi connectivity index (χ1v) is 9.69. The molecule has 3 aromatic carbocycles. The summed E-state index contributed by atoms with van der Waals surface area (Å²) in [5.74, 6) is -0.0162. The molecule has 0 aliphatic carbocycles. The van der Waals surface area contributed by atoms with E-state index in [1.54, 1.807) is 37.3 Å². The Morgan fingerprint density at radius 2 is 1.81 bits per heavy atom. The quantitative estimate of drug-likeness (QED) is 0.320.